The van der Waals surface area contributed by atoms with Crippen molar-refractivity contribution in [3.63, 3.8) is 0 Å². The van der Waals surface area contributed by atoms with Crippen LogP contribution in [0.4, 0.5) is 11.4 Å². The summed E-state index contributed by atoms with van der Waals surface area (Å²) >= 11 is 3.63. The molecular formula is C24H23BrN2O4. The molecule has 31 heavy (non-hydrogen) atoms. The molecule has 3 aliphatic rings. The van der Waals surface area contributed by atoms with Crippen molar-refractivity contribution in [1.29, 1.82) is 0 Å². The zero-order valence-electron chi connectivity index (χ0n) is 17.0. The number of alkyl halides is 1. The zero-order chi connectivity index (χ0) is 21.7. The minimum absolute atomic E-state index is 0.0352. The molecule has 6 atom stereocenters. The monoisotopic (exact) mass is 482 g/mol. The predicted octanol–water partition coefficient (Wildman–Crippen LogP) is 4.01. The van der Waals surface area contributed by atoms with Gasteiger partial charge in [0.05, 0.1) is 16.7 Å². The van der Waals surface area contributed by atoms with Crippen LogP contribution in [-0.4, -0.2) is 28.7 Å². The van der Waals surface area contributed by atoms with E-state index < -0.39 is 0 Å². The van der Waals surface area contributed by atoms with Gasteiger partial charge in [-0.1, -0.05) is 41.1 Å². The number of esters is 1. The average molecular weight is 483 g/mol. The molecular weight excluding hydrogens is 460 g/mol. The van der Waals surface area contributed by atoms with E-state index in [2.05, 4.69) is 26.6 Å². The van der Waals surface area contributed by atoms with Crippen LogP contribution in [-0.2, 0) is 20.7 Å². The van der Waals surface area contributed by atoms with Crippen molar-refractivity contribution < 1.29 is 19.1 Å². The number of carbonyl (C=O) groups excluding carboxylic acids is 3. The highest BCUT2D eigenvalue weighted by molar-refractivity contribution is 9.09. The number of aryl methyl sites for hydroxylation is 1. The Labute approximate surface area is 188 Å². The number of carbonyl (C=O) groups is 3. The highest BCUT2D eigenvalue weighted by Crippen LogP contribution is 2.60. The molecule has 0 aromatic heterocycles. The number of hydrogen-bond acceptors (Lipinski definition) is 4. The van der Waals surface area contributed by atoms with Gasteiger partial charge in [0.25, 0.3) is 5.91 Å². The Morgan fingerprint density at radius 1 is 1.06 bits per heavy atom. The van der Waals surface area contributed by atoms with Crippen molar-refractivity contribution in [1.82, 2.24) is 0 Å². The lowest BCUT2D eigenvalue weighted by atomic mass is 9.79. The first-order valence-corrected chi connectivity index (χ1v) is 11.5. The Balaban J connectivity index is 1.26. The van der Waals surface area contributed by atoms with E-state index in [1.54, 1.807) is 24.3 Å². The lowest BCUT2D eigenvalue weighted by Gasteiger charge is -2.27. The molecule has 1 aliphatic heterocycles. The Bertz CT molecular complexity index is 1050. The van der Waals surface area contributed by atoms with Crippen molar-refractivity contribution in [3.8, 4) is 0 Å². The van der Waals surface area contributed by atoms with Gasteiger partial charge in [0.15, 0.2) is 0 Å². The molecule has 2 aromatic rings. The van der Waals surface area contributed by atoms with Gasteiger partial charge in [-0.2, -0.15) is 0 Å². The van der Waals surface area contributed by atoms with Gasteiger partial charge < -0.3 is 15.4 Å². The van der Waals surface area contributed by atoms with Crippen LogP contribution >= 0.6 is 15.9 Å². The molecule has 2 amide bonds. The summed E-state index contributed by atoms with van der Waals surface area (Å²) in [6, 6.07) is 14.5. The van der Waals surface area contributed by atoms with Gasteiger partial charge in [0.2, 0.25) is 5.91 Å². The third kappa shape index (κ3) is 3.35. The zero-order valence-corrected chi connectivity index (χ0v) is 18.6. The standard InChI is InChI=1S/C24H23BrN2O4/c1-2-12-5-3-4-6-17(12)27-22(28)13-7-9-14(10-8-13)26-23(29)18-15-11-16-19(18)24(30)31-21(16)20(15)25/h3-10,15-16,18-21H,2,11H2,1H3,(H,26,29)(H,27,28)/t15-,16-,18-,19+,20+,21+/m1/s1. The minimum Gasteiger partial charge on any atom is -0.461 e. The molecule has 0 unspecified atom stereocenters. The molecule has 6 nitrogen and oxygen atoms in total. The average Bonchev–Trinajstić information content (AvgIpc) is 3.39. The lowest BCUT2D eigenvalue weighted by Crippen LogP contribution is -2.40. The summed E-state index contributed by atoms with van der Waals surface area (Å²) < 4.78 is 5.48. The Hall–Kier alpha value is -2.67. The Morgan fingerprint density at radius 2 is 1.81 bits per heavy atom. The summed E-state index contributed by atoms with van der Waals surface area (Å²) in [4.78, 5) is 37.9. The van der Waals surface area contributed by atoms with Gasteiger partial charge in [0, 0.05) is 22.9 Å². The molecule has 5 rings (SSSR count). The molecule has 3 fully saturated rings. The van der Waals surface area contributed by atoms with E-state index in [9.17, 15) is 14.4 Å². The van der Waals surface area contributed by atoms with Crippen molar-refractivity contribution in [3.05, 3.63) is 59.7 Å². The maximum absolute atomic E-state index is 13.0. The largest absolute Gasteiger partial charge is 0.461 e. The number of benzene rings is 2. The normalized spacial score (nSPS) is 30.2. The van der Waals surface area contributed by atoms with E-state index in [1.807, 2.05) is 31.2 Å². The summed E-state index contributed by atoms with van der Waals surface area (Å²) in [5.41, 5.74) is 2.98. The molecule has 2 aromatic carbocycles. The maximum Gasteiger partial charge on any atom is 0.310 e. The molecule has 1 saturated heterocycles. The second-order valence-electron chi connectivity index (χ2n) is 8.49. The molecule has 160 valence electrons. The van der Waals surface area contributed by atoms with Gasteiger partial charge in [-0.3, -0.25) is 14.4 Å². The van der Waals surface area contributed by atoms with E-state index in [4.69, 9.17) is 4.74 Å². The molecule has 2 aliphatic carbocycles. The van der Waals surface area contributed by atoms with E-state index >= 15 is 0 Å². The van der Waals surface area contributed by atoms with Crippen LogP contribution in [0.25, 0.3) is 0 Å². The molecule has 2 N–H and O–H groups in total. The third-order valence-electron chi connectivity index (χ3n) is 6.89. The summed E-state index contributed by atoms with van der Waals surface area (Å²) in [5, 5.41) is 5.87. The molecule has 7 heteroatoms. The van der Waals surface area contributed by atoms with Crippen LogP contribution < -0.4 is 10.6 Å². The van der Waals surface area contributed by atoms with Crippen molar-refractivity contribution in [2.24, 2.45) is 23.7 Å². The number of hydrogen-bond donors (Lipinski definition) is 2. The third-order valence-corrected chi connectivity index (χ3v) is 8.09. The van der Waals surface area contributed by atoms with Crippen molar-refractivity contribution in [2.45, 2.75) is 30.7 Å². The van der Waals surface area contributed by atoms with Crippen molar-refractivity contribution in [2.75, 3.05) is 10.6 Å². The molecule has 2 bridgehead atoms. The second-order valence-corrected chi connectivity index (χ2v) is 9.55. The van der Waals surface area contributed by atoms with Gasteiger partial charge in [-0.15, -0.1) is 0 Å². The summed E-state index contributed by atoms with van der Waals surface area (Å²) in [5.74, 6) is -1.09. The number of anilines is 2. The molecule has 2 saturated carbocycles. The van der Waals surface area contributed by atoms with Gasteiger partial charge in [-0.25, -0.2) is 0 Å². The highest BCUT2D eigenvalue weighted by atomic mass is 79.9. The number of nitrogens with one attached hydrogen (secondary N) is 2. The van der Waals surface area contributed by atoms with Crippen LogP contribution in [0.5, 0.6) is 0 Å². The lowest BCUT2D eigenvalue weighted by molar-refractivity contribution is -0.145. The smallest absolute Gasteiger partial charge is 0.310 e. The fraction of sp³-hybridized carbons (Fsp3) is 0.375. The fourth-order valence-corrected chi connectivity index (χ4v) is 6.45. The topological polar surface area (TPSA) is 84.5 Å². The van der Waals surface area contributed by atoms with Gasteiger partial charge in [0.1, 0.15) is 6.10 Å². The molecule has 1 heterocycles. The SMILES string of the molecule is CCc1ccccc1NC(=O)c1ccc(NC(=O)[C@@H]2[C@H]3C[C@H]4[C@H](OC(=O)[C@@H]42)[C@H]3Br)cc1. The quantitative estimate of drug-likeness (QED) is 0.497. The maximum atomic E-state index is 13.0. The number of fused-ring (bicyclic) bond motifs is 1. The van der Waals surface area contributed by atoms with Crippen LogP contribution in [0.3, 0.4) is 0 Å². The molecule has 0 radical (unpaired) electrons. The van der Waals surface area contributed by atoms with Crippen molar-refractivity contribution >= 4 is 45.1 Å². The number of para-hydroxylation sites is 1. The number of rotatable bonds is 5. The van der Waals surface area contributed by atoms with E-state index in [0.29, 0.717) is 11.3 Å². The van der Waals surface area contributed by atoms with Crippen LogP contribution in [0.2, 0.25) is 0 Å². The number of ether oxygens (including phenoxy) is 1. The Morgan fingerprint density at radius 3 is 2.55 bits per heavy atom. The van der Waals surface area contributed by atoms with E-state index in [0.717, 1.165) is 24.1 Å². The fourth-order valence-electron chi connectivity index (χ4n) is 5.41. The van der Waals surface area contributed by atoms with Gasteiger partial charge in [-0.05, 0) is 54.7 Å². The van der Waals surface area contributed by atoms with E-state index in [-0.39, 0.29) is 52.4 Å². The highest BCUT2D eigenvalue weighted by Gasteiger charge is 2.67. The van der Waals surface area contributed by atoms with Gasteiger partial charge >= 0.3 is 5.97 Å². The summed E-state index contributed by atoms with van der Waals surface area (Å²) in [6.07, 6.45) is 1.57. The second kappa shape index (κ2) is 7.79. The van der Waals surface area contributed by atoms with Crippen LogP contribution in [0.1, 0.15) is 29.3 Å². The first-order valence-electron chi connectivity index (χ1n) is 10.6. The first-order chi connectivity index (χ1) is 15.0. The van der Waals surface area contributed by atoms with Crippen LogP contribution in [0, 0.1) is 23.7 Å². The van der Waals surface area contributed by atoms with E-state index in [1.165, 1.54) is 0 Å². The first kappa shape index (κ1) is 20.2. The summed E-state index contributed by atoms with van der Waals surface area (Å²) in [7, 11) is 0. The minimum atomic E-state index is -0.380. The number of halogens is 1. The molecule has 0 spiro atoms. The number of amides is 2. The predicted molar refractivity (Wildman–Crippen MR) is 120 cm³/mol. The van der Waals surface area contributed by atoms with Crippen LogP contribution in [0.15, 0.2) is 48.5 Å². The summed E-state index contributed by atoms with van der Waals surface area (Å²) in [6.45, 7) is 2.04. The Kier molecular flexibility index (Phi) is 5.08.